The van der Waals surface area contributed by atoms with E-state index in [0.717, 1.165) is 42.7 Å². The van der Waals surface area contributed by atoms with Gasteiger partial charge in [0.2, 0.25) is 0 Å². The van der Waals surface area contributed by atoms with Crippen LogP contribution in [-0.2, 0) is 4.74 Å². The van der Waals surface area contributed by atoms with Crippen molar-refractivity contribution < 1.29 is 9.53 Å². The van der Waals surface area contributed by atoms with E-state index in [1.54, 1.807) is 0 Å². The first-order valence-electron chi connectivity index (χ1n) is 6.59. The van der Waals surface area contributed by atoms with Gasteiger partial charge in [-0.3, -0.25) is 4.79 Å². The van der Waals surface area contributed by atoms with Gasteiger partial charge in [0.05, 0.1) is 18.8 Å². The van der Waals surface area contributed by atoms with Crippen molar-refractivity contribution in [2.45, 2.75) is 39.3 Å². The minimum atomic E-state index is 0.216. The lowest BCUT2D eigenvalue weighted by Crippen LogP contribution is -2.49. The molecule has 3 nitrogen and oxygen atoms in total. The molecule has 1 aromatic carbocycles. The Morgan fingerprint density at radius 3 is 2.94 bits per heavy atom. The fourth-order valence-electron chi connectivity index (χ4n) is 2.51. The summed E-state index contributed by atoms with van der Waals surface area (Å²) in [5.74, 6) is 0. The zero-order valence-corrected chi connectivity index (χ0v) is 11.3. The summed E-state index contributed by atoms with van der Waals surface area (Å²) >= 11 is 0. The number of anilines is 1. The smallest absolute Gasteiger partial charge is 0.152 e. The van der Waals surface area contributed by atoms with E-state index < -0.39 is 0 Å². The lowest BCUT2D eigenvalue weighted by Gasteiger charge is -2.40. The average molecular weight is 247 g/mol. The van der Waals surface area contributed by atoms with Gasteiger partial charge in [-0.25, -0.2) is 0 Å². The summed E-state index contributed by atoms with van der Waals surface area (Å²) in [7, 11) is 0. The summed E-state index contributed by atoms with van der Waals surface area (Å²) in [4.78, 5) is 13.6. The summed E-state index contributed by atoms with van der Waals surface area (Å²) in [5.41, 5.74) is 2.94. The highest BCUT2D eigenvalue weighted by Crippen LogP contribution is 2.27. The molecule has 0 bridgehead atoms. The van der Waals surface area contributed by atoms with Crippen LogP contribution in [0.5, 0.6) is 0 Å². The average Bonchev–Trinajstić information content (AvgIpc) is 2.38. The van der Waals surface area contributed by atoms with E-state index in [-0.39, 0.29) is 6.10 Å². The van der Waals surface area contributed by atoms with Crippen LogP contribution in [0.25, 0.3) is 0 Å². The van der Waals surface area contributed by atoms with Gasteiger partial charge in [-0.2, -0.15) is 0 Å². The first-order valence-corrected chi connectivity index (χ1v) is 6.59. The Bertz CT molecular complexity index is 431. The van der Waals surface area contributed by atoms with Crippen LogP contribution in [0.1, 0.15) is 36.2 Å². The molecule has 0 spiro atoms. The molecule has 1 aromatic rings. The van der Waals surface area contributed by atoms with E-state index in [1.165, 1.54) is 0 Å². The van der Waals surface area contributed by atoms with E-state index in [4.69, 9.17) is 4.74 Å². The predicted octanol–water partition coefficient (Wildman–Crippen LogP) is 2.81. The lowest BCUT2D eigenvalue weighted by molar-refractivity contribution is 0.0299. The molecule has 0 radical (unpaired) electrons. The van der Waals surface area contributed by atoms with Gasteiger partial charge in [0.15, 0.2) is 6.29 Å². The van der Waals surface area contributed by atoms with Crippen molar-refractivity contribution in [2.75, 3.05) is 18.1 Å². The number of rotatable bonds is 3. The Morgan fingerprint density at radius 2 is 2.28 bits per heavy atom. The van der Waals surface area contributed by atoms with Gasteiger partial charge < -0.3 is 9.64 Å². The highest BCUT2D eigenvalue weighted by molar-refractivity contribution is 5.85. The summed E-state index contributed by atoms with van der Waals surface area (Å²) in [6, 6.07) is 6.44. The predicted molar refractivity (Wildman–Crippen MR) is 73.4 cm³/mol. The maximum absolute atomic E-state index is 11.2. The Balaban J connectivity index is 2.35. The van der Waals surface area contributed by atoms with Crippen LogP contribution in [-0.4, -0.2) is 31.6 Å². The van der Waals surface area contributed by atoms with E-state index in [2.05, 4.69) is 30.9 Å². The second-order valence-corrected chi connectivity index (χ2v) is 5.04. The third kappa shape index (κ3) is 2.56. The number of ether oxygens (including phenoxy) is 1. The van der Waals surface area contributed by atoms with Gasteiger partial charge in [-0.15, -0.1) is 0 Å². The van der Waals surface area contributed by atoms with Crippen LogP contribution in [0.3, 0.4) is 0 Å². The quantitative estimate of drug-likeness (QED) is 0.769. The van der Waals surface area contributed by atoms with E-state index in [9.17, 15) is 4.79 Å². The zero-order valence-electron chi connectivity index (χ0n) is 11.3. The molecule has 1 aliphatic heterocycles. The maximum Gasteiger partial charge on any atom is 0.152 e. The number of carbonyl (C=O) groups excluding carboxylic acids is 1. The Labute approximate surface area is 109 Å². The van der Waals surface area contributed by atoms with Crippen LogP contribution in [0.15, 0.2) is 18.2 Å². The highest BCUT2D eigenvalue weighted by atomic mass is 16.5. The summed E-state index contributed by atoms with van der Waals surface area (Å²) < 4.78 is 5.70. The molecule has 1 heterocycles. The molecule has 98 valence electrons. The van der Waals surface area contributed by atoms with E-state index in [1.807, 2.05) is 13.0 Å². The molecule has 1 saturated heterocycles. The fourth-order valence-corrected chi connectivity index (χ4v) is 2.51. The maximum atomic E-state index is 11.2. The minimum Gasteiger partial charge on any atom is -0.375 e. The molecule has 0 amide bonds. The minimum absolute atomic E-state index is 0.216. The molecule has 18 heavy (non-hydrogen) atoms. The van der Waals surface area contributed by atoms with Gasteiger partial charge in [0.25, 0.3) is 0 Å². The molecule has 0 aromatic heterocycles. The third-order valence-electron chi connectivity index (χ3n) is 3.56. The molecule has 2 atom stereocenters. The summed E-state index contributed by atoms with van der Waals surface area (Å²) in [5, 5.41) is 0. The number of carbonyl (C=O) groups is 1. The second-order valence-electron chi connectivity index (χ2n) is 5.04. The first kappa shape index (κ1) is 13.1. The van der Waals surface area contributed by atoms with Gasteiger partial charge >= 0.3 is 0 Å². The van der Waals surface area contributed by atoms with E-state index in [0.29, 0.717) is 6.04 Å². The van der Waals surface area contributed by atoms with Gasteiger partial charge in [-0.05, 0) is 32.4 Å². The molecule has 1 fully saturated rings. The largest absolute Gasteiger partial charge is 0.375 e. The molecule has 2 unspecified atom stereocenters. The van der Waals surface area contributed by atoms with Crippen LogP contribution in [0, 0.1) is 6.92 Å². The monoisotopic (exact) mass is 247 g/mol. The Morgan fingerprint density at radius 1 is 1.50 bits per heavy atom. The van der Waals surface area contributed by atoms with Crippen LogP contribution in [0.4, 0.5) is 5.69 Å². The summed E-state index contributed by atoms with van der Waals surface area (Å²) in [6.07, 6.45) is 2.20. The third-order valence-corrected chi connectivity index (χ3v) is 3.56. The number of aldehydes is 1. The van der Waals surface area contributed by atoms with Crippen molar-refractivity contribution in [2.24, 2.45) is 0 Å². The molecular weight excluding hydrogens is 226 g/mol. The van der Waals surface area contributed by atoms with Crippen molar-refractivity contribution in [3.05, 3.63) is 29.3 Å². The van der Waals surface area contributed by atoms with Gasteiger partial charge in [-0.1, -0.05) is 18.6 Å². The molecule has 2 rings (SSSR count). The summed E-state index contributed by atoms with van der Waals surface area (Å²) in [6.45, 7) is 7.84. The molecule has 3 heteroatoms. The van der Waals surface area contributed by atoms with Gasteiger partial charge in [0.1, 0.15) is 0 Å². The fraction of sp³-hybridized carbons (Fsp3) is 0.533. The Kier molecular flexibility index (Phi) is 4.02. The van der Waals surface area contributed by atoms with Crippen molar-refractivity contribution in [3.8, 4) is 0 Å². The number of hydrogen-bond acceptors (Lipinski definition) is 3. The number of hydrogen-bond donors (Lipinski definition) is 0. The highest BCUT2D eigenvalue weighted by Gasteiger charge is 2.27. The SMILES string of the molecule is CCC1COC(C)CN1c1ccc(C)cc1C=O. The number of benzene rings is 1. The zero-order chi connectivity index (χ0) is 13.1. The van der Waals surface area contributed by atoms with Crippen molar-refractivity contribution >= 4 is 12.0 Å². The molecular formula is C15H21NO2. The molecule has 0 aliphatic carbocycles. The molecule has 0 N–H and O–H groups in total. The Hall–Kier alpha value is -1.35. The van der Waals surface area contributed by atoms with E-state index >= 15 is 0 Å². The molecule has 1 aliphatic rings. The normalized spacial score (nSPS) is 24.1. The van der Waals surface area contributed by atoms with Crippen LogP contribution < -0.4 is 4.90 Å². The molecule has 0 saturated carbocycles. The topological polar surface area (TPSA) is 29.5 Å². The number of nitrogens with zero attached hydrogens (tertiary/aromatic N) is 1. The standard InChI is InChI=1S/C15H21NO2/c1-4-14-10-18-12(3)8-16(14)15-6-5-11(2)7-13(15)9-17/h5-7,9,12,14H,4,8,10H2,1-3H3. The number of aryl methyl sites for hydroxylation is 1. The van der Waals surface area contributed by atoms with Crippen LogP contribution >= 0.6 is 0 Å². The lowest BCUT2D eigenvalue weighted by atomic mass is 10.0. The number of morpholine rings is 1. The van der Waals surface area contributed by atoms with Crippen molar-refractivity contribution in [3.63, 3.8) is 0 Å². The first-order chi connectivity index (χ1) is 8.65. The van der Waals surface area contributed by atoms with Crippen LogP contribution in [0.2, 0.25) is 0 Å². The second kappa shape index (κ2) is 5.53. The van der Waals surface area contributed by atoms with Gasteiger partial charge in [0, 0.05) is 17.8 Å². The van der Waals surface area contributed by atoms with Crippen molar-refractivity contribution in [1.82, 2.24) is 0 Å². The van der Waals surface area contributed by atoms with Crippen molar-refractivity contribution in [1.29, 1.82) is 0 Å².